The van der Waals surface area contributed by atoms with Crippen LogP contribution in [-0.2, 0) is 0 Å². The van der Waals surface area contributed by atoms with E-state index in [2.05, 4.69) is 0 Å². The van der Waals surface area contributed by atoms with Crippen LogP contribution in [0.15, 0.2) is 18.2 Å². The van der Waals surface area contributed by atoms with Crippen LogP contribution in [0.25, 0.3) is 0 Å². The smallest absolute Gasteiger partial charge is 0.137 e. The second-order valence-corrected chi connectivity index (χ2v) is 3.61. The molecule has 0 heterocycles. The molecule has 0 fully saturated rings. The zero-order chi connectivity index (χ0) is 10.7. The molecule has 0 aliphatic carbocycles. The molecule has 0 aliphatic heterocycles. The van der Waals surface area contributed by atoms with Crippen LogP contribution in [0, 0.1) is 0 Å². The van der Waals surface area contributed by atoms with Gasteiger partial charge < -0.3 is 15.6 Å². The highest BCUT2D eigenvalue weighted by Gasteiger charge is 2.13. The maximum absolute atomic E-state index is 9.68. The molecule has 0 radical (unpaired) electrons. The van der Waals surface area contributed by atoms with Crippen molar-refractivity contribution in [3.63, 3.8) is 0 Å². The molecular formula is C10H14ClNO2. The Bertz CT molecular complexity index is 315. The number of hydrogen-bond acceptors (Lipinski definition) is 3. The van der Waals surface area contributed by atoms with E-state index in [0.717, 1.165) is 0 Å². The summed E-state index contributed by atoms with van der Waals surface area (Å²) < 4.78 is 5.03. The third-order valence-corrected chi connectivity index (χ3v) is 2.33. The number of nitrogens with two attached hydrogens (primary N) is 1. The Hall–Kier alpha value is -0.770. The second-order valence-electron chi connectivity index (χ2n) is 3.20. The van der Waals surface area contributed by atoms with Gasteiger partial charge in [-0.15, -0.1) is 0 Å². The van der Waals surface area contributed by atoms with Crippen LogP contribution in [0.5, 0.6) is 5.75 Å². The van der Waals surface area contributed by atoms with Gasteiger partial charge in [-0.05, 0) is 24.6 Å². The number of hydrogen-bond donors (Lipinski definition) is 2. The van der Waals surface area contributed by atoms with E-state index in [9.17, 15) is 5.11 Å². The molecule has 0 spiro atoms. The molecule has 3 N–H and O–H groups in total. The average molecular weight is 216 g/mol. The van der Waals surface area contributed by atoms with Crippen LogP contribution in [0.4, 0.5) is 0 Å². The summed E-state index contributed by atoms with van der Waals surface area (Å²) in [5, 5.41) is 10.2. The van der Waals surface area contributed by atoms with Crippen molar-refractivity contribution in [2.45, 2.75) is 19.1 Å². The predicted molar refractivity (Wildman–Crippen MR) is 56.6 cm³/mol. The van der Waals surface area contributed by atoms with Gasteiger partial charge in [0.2, 0.25) is 0 Å². The number of rotatable bonds is 3. The quantitative estimate of drug-likeness (QED) is 0.808. The van der Waals surface area contributed by atoms with Crippen molar-refractivity contribution in [1.29, 1.82) is 0 Å². The van der Waals surface area contributed by atoms with Crippen LogP contribution in [0.3, 0.4) is 0 Å². The fourth-order valence-corrected chi connectivity index (χ4v) is 1.36. The van der Waals surface area contributed by atoms with Gasteiger partial charge in [0.25, 0.3) is 0 Å². The Labute approximate surface area is 88.4 Å². The monoisotopic (exact) mass is 215 g/mol. The number of benzene rings is 1. The molecule has 1 rings (SSSR count). The maximum atomic E-state index is 9.68. The molecule has 4 heteroatoms. The van der Waals surface area contributed by atoms with E-state index in [1.165, 1.54) is 7.11 Å². The van der Waals surface area contributed by atoms with Gasteiger partial charge in [0.1, 0.15) is 5.75 Å². The van der Waals surface area contributed by atoms with E-state index in [4.69, 9.17) is 22.1 Å². The summed E-state index contributed by atoms with van der Waals surface area (Å²) in [6, 6.07) is 4.79. The first-order valence-electron chi connectivity index (χ1n) is 4.33. The highest BCUT2D eigenvalue weighted by Crippen LogP contribution is 2.28. The number of halogens is 1. The van der Waals surface area contributed by atoms with Gasteiger partial charge >= 0.3 is 0 Å². The van der Waals surface area contributed by atoms with Crippen molar-refractivity contribution < 1.29 is 9.84 Å². The Balaban J connectivity index is 3.00. The van der Waals surface area contributed by atoms with Crippen LogP contribution >= 0.6 is 11.6 Å². The largest absolute Gasteiger partial charge is 0.495 e. The minimum Gasteiger partial charge on any atom is -0.495 e. The number of aliphatic hydroxyl groups excluding tert-OH is 1. The first kappa shape index (κ1) is 11.3. The average Bonchev–Trinajstić information content (AvgIpc) is 2.17. The van der Waals surface area contributed by atoms with E-state index in [1.54, 1.807) is 25.1 Å². The molecule has 1 aromatic carbocycles. The summed E-state index contributed by atoms with van der Waals surface area (Å²) in [6.45, 7) is 1.74. The molecule has 3 nitrogen and oxygen atoms in total. The summed E-state index contributed by atoms with van der Waals surface area (Å²) in [6.07, 6.45) is -0.693. The minimum absolute atomic E-state index is 0.319. The van der Waals surface area contributed by atoms with Crippen LogP contribution < -0.4 is 10.5 Å². The first-order chi connectivity index (χ1) is 6.56. The first-order valence-corrected chi connectivity index (χ1v) is 4.71. The van der Waals surface area contributed by atoms with Crippen molar-refractivity contribution in [3.05, 3.63) is 28.8 Å². The lowest BCUT2D eigenvalue weighted by molar-refractivity contribution is 0.153. The van der Waals surface area contributed by atoms with Crippen molar-refractivity contribution >= 4 is 11.6 Å². The van der Waals surface area contributed by atoms with Crippen molar-refractivity contribution in [2.24, 2.45) is 5.73 Å². The third-order valence-electron chi connectivity index (χ3n) is 2.01. The fraction of sp³-hybridized carbons (Fsp3) is 0.400. The van der Waals surface area contributed by atoms with Gasteiger partial charge in [-0.25, -0.2) is 0 Å². The van der Waals surface area contributed by atoms with Crippen LogP contribution in [0.1, 0.15) is 18.6 Å². The molecule has 78 valence electrons. The van der Waals surface area contributed by atoms with Gasteiger partial charge in [0, 0.05) is 6.04 Å². The highest BCUT2D eigenvalue weighted by atomic mass is 35.5. The highest BCUT2D eigenvalue weighted by molar-refractivity contribution is 6.32. The Morgan fingerprint density at radius 1 is 1.50 bits per heavy atom. The van der Waals surface area contributed by atoms with E-state index >= 15 is 0 Å². The molecule has 0 saturated carbocycles. The summed E-state index contributed by atoms with van der Waals surface area (Å²) in [7, 11) is 1.53. The maximum Gasteiger partial charge on any atom is 0.137 e. The lowest BCUT2D eigenvalue weighted by Gasteiger charge is -2.15. The minimum atomic E-state index is -0.693. The third kappa shape index (κ3) is 2.38. The van der Waals surface area contributed by atoms with Crippen LogP contribution in [0.2, 0.25) is 5.02 Å². The van der Waals surface area contributed by atoms with Gasteiger partial charge in [-0.1, -0.05) is 17.7 Å². The molecule has 0 amide bonds. The SMILES string of the molecule is COc1cc([C@@H](O)[C@H](C)N)ccc1Cl. The molecule has 0 aliphatic rings. The van der Waals surface area contributed by atoms with Crippen molar-refractivity contribution in [2.75, 3.05) is 7.11 Å². The molecule has 14 heavy (non-hydrogen) atoms. The molecule has 0 aromatic heterocycles. The van der Waals surface area contributed by atoms with E-state index in [0.29, 0.717) is 16.3 Å². The van der Waals surface area contributed by atoms with Gasteiger partial charge in [-0.3, -0.25) is 0 Å². The topological polar surface area (TPSA) is 55.5 Å². The molecule has 0 unspecified atom stereocenters. The molecule has 2 atom stereocenters. The summed E-state index contributed by atoms with van der Waals surface area (Å²) in [5.41, 5.74) is 6.28. The molecule has 0 saturated heterocycles. The van der Waals surface area contributed by atoms with E-state index in [1.807, 2.05) is 0 Å². The van der Waals surface area contributed by atoms with Gasteiger partial charge in [0.05, 0.1) is 18.2 Å². The predicted octanol–water partition coefficient (Wildman–Crippen LogP) is 1.73. The van der Waals surface area contributed by atoms with Crippen molar-refractivity contribution in [3.8, 4) is 5.75 Å². The number of methoxy groups -OCH3 is 1. The number of aliphatic hydroxyl groups is 1. The van der Waals surface area contributed by atoms with Gasteiger partial charge in [-0.2, -0.15) is 0 Å². The Kier molecular flexibility index (Phi) is 3.75. The lowest BCUT2D eigenvalue weighted by Crippen LogP contribution is -2.24. The Morgan fingerprint density at radius 3 is 2.64 bits per heavy atom. The lowest BCUT2D eigenvalue weighted by atomic mass is 10.0. The fourth-order valence-electron chi connectivity index (χ4n) is 1.16. The number of ether oxygens (including phenoxy) is 1. The van der Waals surface area contributed by atoms with E-state index < -0.39 is 6.10 Å². The zero-order valence-corrected chi connectivity index (χ0v) is 8.95. The molecule has 1 aromatic rings. The van der Waals surface area contributed by atoms with Crippen LogP contribution in [-0.4, -0.2) is 18.3 Å². The standard InChI is InChI=1S/C10H14ClNO2/c1-6(12)10(13)7-3-4-8(11)9(5-7)14-2/h3-6,10,13H,12H2,1-2H3/t6-,10-/m0/s1. The summed E-state index contributed by atoms with van der Waals surface area (Å²) >= 11 is 5.84. The van der Waals surface area contributed by atoms with Crippen molar-refractivity contribution in [1.82, 2.24) is 0 Å². The second kappa shape index (κ2) is 4.64. The van der Waals surface area contributed by atoms with Gasteiger partial charge in [0.15, 0.2) is 0 Å². The molecular weight excluding hydrogens is 202 g/mol. The van der Waals surface area contributed by atoms with E-state index in [-0.39, 0.29) is 6.04 Å². The zero-order valence-electron chi connectivity index (χ0n) is 8.20. The normalized spacial score (nSPS) is 14.9. The Morgan fingerprint density at radius 2 is 2.14 bits per heavy atom. The molecule has 0 bridgehead atoms. The summed E-state index contributed by atoms with van der Waals surface area (Å²) in [4.78, 5) is 0. The summed E-state index contributed by atoms with van der Waals surface area (Å²) in [5.74, 6) is 0.545.